The second kappa shape index (κ2) is 8.21. The van der Waals surface area contributed by atoms with Crippen LogP contribution in [0, 0.1) is 0 Å². The Balaban J connectivity index is 2.82. The predicted molar refractivity (Wildman–Crippen MR) is 77.4 cm³/mol. The molecule has 0 aliphatic rings. The minimum Gasteiger partial charge on any atom is -0.463 e. The van der Waals surface area contributed by atoms with Gasteiger partial charge >= 0.3 is 5.97 Å². The van der Waals surface area contributed by atoms with Gasteiger partial charge < -0.3 is 9.47 Å². The van der Waals surface area contributed by atoms with Crippen LogP contribution in [0.15, 0.2) is 41.0 Å². The van der Waals surface area contributed by atoms with Gasteiger partial charge in [0, 0.05) is 4.90 Å². The fourth-order valence-electron chi connectivity index (χ4n) is 1.26. The number of thioether (sulfide) groups is 1. The molecule has 0 bridgehead atoms. The molecule has 5 heteroatoms. The molecular formula is C13H15BrO3S. The highest BCUT2D eigenvalue weighted by Crippen LogP contribution is 2.28. The van der Waals surface area contributed by atoms with Gasteiger partial charge in [-0.05, 0) is 25.3 Å². The second-order valence-corrected chi connectivity index (χ2v) is 4.66. The maximum Gasteiger partial charge on any atom is 0.334 e. The lowest BCUT2D eigenvalue weighted by Crippen LogP contribution is -2.05. The van der Waals surface area contributed by atoms with E-state index in [1.807, 2.05) is 30.5 Å². The summed E-state index contributed by atoms with van der Waals surface area (Å²) in [4.78, 5) is 12.4. The fraction of sp³-hybridized carbons (Fsp3) is 0.308. The maximum absolute atomic E-state index is 11.4. The number of hydrogen-bond donors (Lipinski definition) is 0. The lowest BCUT2D eigenvalue weighted by Gasteiger charge is -2.10. The molecule has 0 N–H and O–H groups in total. The number of hydrogen-bond acceptors (Lipinski definition) is 4. The smallest absolute Gasteiger partial charge is 0.334 e. The summed E-state index contributed by atoms with van der Waals surface area (Å²) < 4.78 is 10.5. The van der Waals surface area contributed by atoms with Crippen LogP contribution in [0.5, 0.6) is 5.75 Å². The molecule has 0 atom stereocenters. The SMILES string of the molecule is CCOC(=O)/C=C(/CBr)Oc1ccccc1SC. The van der Waals surface area contributed by atoms with Crippen molar-refractivity contribution < 1.29 is 14.3 Å². The van der Waals surface area contributed by atoms with E-state index in [0.717, 1.165) is 10.6 Å². The van der Waals surface area contributed by atoms with Crippen molar-refractivity contribution in [3.05, 3.63) is 36.1 Å². The summed E-state index contributed by atoms with van der Waals surface area (Å²) in [6.07, 6.45) is 3.33. The zero-order valence-corrected chi connectivity index (χ0v) is 12.7. The van der Waals surface area contributed by atoms with Crippen molar-refractivity contribution in [2.45, 2.75) is 11.8 Å². The average molecular weight is 331 g/mol. The van der Waals surface area contributed by atoms with E-state index in [1.165, 1.54) is 6.08 Å². The van der Waals surface area contributed by atoms with Crippen LogP contribution in [0.1, 0.15) is 6.92 Å². The number of halogens is 1. The van der Waals surface area contributed by atoms with Gasteiger partial charge in [-0.15, -0.1) is 11.8 Å². The number of allylic oxidation sites excluding steroid dienone is 1. The summed E-state index contributed by atoms with van der Waals surface area (Å²) in [7, 11) is 0. The van der Waals surface area contributed by atoms with Crippen molar-refractivity contribution in [2.75, 3.05) is 18.2 Å². The van der Waals surface area contributed by atoms with Crippen LogP contribution in [-0.2, 0) is 9.53 Å². The van der Waals surface area contributed by atoms with Crippen LogP contribution in [0.4, 0.5) is 0 Å². The zero-order chi connectivity index (χ0) is 13.4. The highest BCUT2D eigenvalue weighted by atomic mass is 79.9. The van der Waals surface area contributed by atoms with Gasteiger partial charge in [-0.1, -0.05) is 28.1 Å². The third-order valence-corrected chi connectivity index (χ3v) is 3.34. The molecule has 0 spiro atoms. The Kier molecular flexibility index (Phi) is 6.90. The van der Waals surface area contributed by atoms with Gasteiger partial charge in [-0.2, -0.15) is 0 Å². The van der Waals surface area contributed by atoms with E-state index < -0.39 is 5.97 Å². The van der Waals surface area contributed by atoms with Crippen LogP contribution in [0.25, 0.3) is 0 Å². The Morgan fingerprint density at radius 3 is 2.78 bits per heavy atom. The van der Waals surface area contributed by atoms with Crippen LogP contribution in [-0.4, -0.2) is 24.2 Å². The predicted octanol–water partition coefficient (Wildman–Crippen LogP) is 3.63. The molecule has 1 rings (SSSR count). The molecule has 0 unspecified atom stereocenters. The van der Waals surface area contributed by atoms with Crippen molar-refractivity contribution in [2.24, 2.45) is 0 Å². The average Bonchev–Trinajstić information content (AvgIpc) is 2.38. The molecule has 0 fully saturated rings. The lowest BCUT2D eigenvalue weighted by molar-refractivity contribution is -0.137. The van der Waals surface area contributed by atoms with E-state index in [4.69, 9.17) is 9.47 Å². The molecule has 0 aromatic heterocycles. The van der Waals surface area contributed by atoms with E-state index in [1.54, 1.807) is 18.7 Å². The van der Waals surface area contributed by atoms with Gasteiger partial charge in [0.2, 0.25) is 0 Å². The van der Waals surface area contributed by atoms with Crippen LogP contribution >= 0.6 is 27.7 Å². The van der Waals surface area contributed by atoms with E-state index in [0.29, 0.717) is 17.7 Å². The minimum absolute atomic E-state index is 0.353. The van der Waals surface area contributed by atoms with E-state index in [2.05, 4.69) is 15.9 Å². The molecule has 18 heavy (non-hydrogen) atoms. The Hall–Kier alpha value is -0.940. The van der Waals surface area contributed by atoms with Crippen molar-refractivity contribution in [3.63, 3.8) is 0 Å². The molecule has 1 aromatic carbocycles. The summed E-state index contributed by atoms with van der Waals surface area (Å²) in [5, 5.41) is 0.453. The van der Waals surface area contributed by atoms with Crippen LogP contribution in [0.3, 0.4) is 0 Å². The number of esters is 1. The number of carbonyl (C=O) groups is 1. The monoisotopic (exact) mass is 330 g/mol. The molecule has 1 aromatic rings. The number of rotatable bonds is 6. The first kappa shape index (κ1) is 15.1. The van der Waals surface area contributed by atoms with Gasteiger partial charge in [-0.25, -0.2) is 4.79 Å². The molecule has 98 valence electrons. The third kappa shape index (κ3) is 4.74. The Labute approximate surface area is 120 Å². The highest BCUT2D eigenvalue weighted by Gasteiger charge is 2.07. The Morgan fingerprint density at radius 1 is 1.44 bits per heavy atom. The number of para-hydroxylation sites is 1. The standard InChI is InChI=1S/C13H15BrO3S/c1-3-16-13(15)8-10(9-14)17-11-6-4-5-7-12(11)18-2/h4-8H,3,9H2,1-2H3/b10-8-. The molecular weight excluding hydrogens is 316 g/mol. The van der Waals surface area contributed by atoms with Crippen molar-refractivity contribution in [3.8, 4) is 5.75 Å². The Morgan fingerprint density at radius 2 is 2.17 bits per heavy atom. The van der Waals surface area contributed by atoms with Crippen molar-refractivity contribution >= 4 is 33.7 Å². The normalized spacial score (nSPS) is 11.2. The number of ether oxygens (including phenoxy) is 2. The first-order chi connectivity index (χ1) is 8.71. The molecule has 3 nitrogen and oxygen atoms in total. The first-order valence-electron chi connectivity index (χ1n) is 5.45. The summed E-state index contributed by atoms with van der Waals surface area (Å²) in [6, 6.07) is 7.68. The molecule has 0 amide bonds. The molecule has 0 heterocycles. The van der Waals surface area contributed by atoms with E-state index in [9.17, 15) is 4.79 Å². The van der Waals surface area contributed by atoms with E-state index in [-0.39, 0.29) is 0 Å². The van der Waals surface area contributed by atoms with Crippen molar-refractivity contribution in [1.29, 1.82) is 0 Å². The highest BCUT2D eigenvalue weighted by molar-refractivity contribution is 9.09. The van der Waals surface area contributed by atoms with Gasteiger partial charge in [0.15, 0.2) is 0 Å². The second-order valence-electron chi connectivity index (χ2n) is 3.25. The van der Waals surface area contributed by atoms with Gasteiger partial charge in [0.05, 0.1) is 18.0 Å². The van der Waals surface area contributed by atoms with Gasteiger partial charge in [0.1, 0.15) is 11.5 Å². The number of alkyl halides is 1. The fourth-order valence-corrected chi connectivity index (χ4v) is 2.06. The zero-order valence-electron chi connectivity index (χ0n) is 10.3. The summed E-state index contributed by atoms with van der Waals surface area (Å²) in [5.41, 5.74) is 0. The van der Waals surface area contributed by atoms with Crippen LogP contribution in [0.2, 0.25) is 0 Å². The van der Waals surface area contributed by atoms with Crippen molar-refractivity contribution in [1.82, 2.24) is 0 Å². The van der Waals surface area contributed by atoms with Crippen LogP contribution < -0.4 is 4.74 Å². The summed E-state index contributed by atoms with van der Waals surface area (Å²) in [6.45, 7) is 2.12. The minimum atomic E-state index is -0.395. The summed E-state index contributed by atoms with van der Waals surface area (Å²) in [5.74, 6) is 0.864. The molecule has 0 aliphatic carbocycles. The quantitative estimate of drug-likeness (QED) is 0.262. The maximum atomic E-state index is 11.4. The summed E-state index contributed by atoms with van der Waals surface area (Å²) >= 11 is 4.88. The lowest BCUT2D eigenvalue weighted by atomic mass is 10.3. The van der Waals surface area contributed by atoms with E-state index >= 15 is 0 Å². The number of carbonyl (C=O) groups excluding carboxylic acids is 1. The largest absolute Gasteiger partial charge is 0.463 e. The molecule has 0 radical (unpaired) electrons. The molecule has 0 saturated heterocycles. The van der Waals surface area contributed by atoms with Gasteiger partial charge in [-0.3, -0.25) is 0 Å². The Bertz CT molecular complexity index is 432. The van der Waals surface area contributed by atoms with Gasteiger partial charge in [0.25, 0.3) is 0 Å². The first-order valence-corrected chi connectivity index (χ1v) is 7.80. The number of benzene rings is 1. The third-order valence-electron chi connectivity index (χ3n) is 2.01. The molecule has 0 aliphatic heterocycles. The topological polar surface area (TPSA) is 35.5 Å². The molecule has 0 saturated carbocycles.